The molecule has 0 aromatic heterocycles. The molecule has 2 atom stereocenters. The minimum absolute atomic E-state index is 0.196. The monoisotopic (exact) mass is 208 g/mol. The van der Waals surface area contributed by atoms with Gasteiger partial charge in [0.25, 0.3) is 0 Å². The van der Waals surface area contributed by atoms with Crippen molar-refractivity contribution in [3.05, 3.63) is 12.2 Å². The molecular formula is C12H20N2O. The van der Waals surface area contributed by atoms with Crippen molar-refractivity contribution in [3.8, 4) is 0 Å². The minimum Gasteiger partial charge on any atom is -0.341 e. The number of hydrogen-bond donors (Lipinski definition) is 1. The first-order chi connectivity index (χ1) is 7.27. The Morgan fingerprint density at radius 3 is 2.87 bits per heavy atom. The summed E-state index contributed by atoms with van der Waals surface area (Å²) in [6.45, 7) is 1.67. The summed E-state index contributed by atoms with van der Waals surface area (Å²) in [4.78, 5) is 14.1. The van der Waals surface area contributed by atoms with Gasteiger partial charge in [-0.1, -0.05) is 12.2 Å². The van der Waals surface area contributed by atoms with Crippen LogP contribution in [-0.4, -0.2) is 29.9 Å². The van der Waals surface area contributed by atoms with Crippen LogP contribution in [0.2, 0.25) is 0 Å². The van der Waals surface area contributed by atoms with Gasteiger partial charge in [-0.05, 0) is 32.1 Å². The smallest absolute Gasteiger partial charge is 0.226 e. The topological polar surface area (TPSA) is 46.3 Å². The molecular weight excluding hydrogens is 188 g/mol. The third-order valence-corrected chi connectivity index (χ3v) is 3.39. The molecule has 1 fully saturated rings. The first-order valence-electron chi connectivity index (χ1n) is 5.97. The van der Waals surface area contributed by atoms with Crippen LogP contribution in [-0.2, 0) is 4.79 Å². The highest BCUT2D eigenvalue weighted by Gasteiger charge is 2.27. The Bertz CT molecular complexity index is 262. The van der Waals surface area contributed by atoms with Crippen LogP contribution in [0.5, 0.6) is 0 Å². The minimum atomic E-state index is 0.196. The fraction of sp³-hybridized carbons (Fsp3) is 0.750. The van der Waals surface area contributed by atoms with Gasteiger partial charge in [-0.2, -0.15) is 0 Å². The predicted octanol–water partition coefficient (Wildman–Crippen LogP) is 1.29. The highest BCUT2D eigenvalue weighted by atomic mass is 16.2. The summed E-state index contributed by atoms with van der Waals surface area (Å²) in [5, 5.41) is 0. The maximum Gasteiger partial charge on any atom is 0.226 e. The SMILES string of the molecule is NC1CCCN(C(=O)C2CC=CCC2)C1. The molecule has 15 heavy (non-hydrogen) atoms. The second-order valence-electron chi connectivity index (χ2n) is 4.67. The number of amides is 1. The van der Waals surface area contributed by atoms with E-state index in [1.165, 1.54) is 0 Å². The number of carbonyl (C=O) groups excluding carboxylic acids is 1. The average Bonchev–Trinajstić information content (AvgIpc) is 2.29. The van der Waals surface area contributed by atoms with E-state index in [4.69, 9.17) is 5.73 Å². The van der Waals surface area contributed by atoms with Crippen molar-refractivity contribution in [3.63, 3.8) is 0 Å². The summed E-state index contributed by atoms with van der Waals surface area (Å²) in [6, 6.07) is 0.196. The summed E-state index contributed by atoms with van der Waals surface area (Å²) < 4.78 is 0. The van der Waals surface area contributed by atoms with Crippen molar-refractivity contribution < 1.29 is 4.79 Å². The van der Waals surface area contributed by atoms with Gasteiger partial charge in [-0.3, -0.25) is 4.79 Å². The maximum absolute atomic E-state index is 12.1. The fourth-order valence-electron chi connectivity index (χ4n) is 2.49. The summed E-state index contributed by atoms with van der Waals surface area (Å²) in [6.07, 6.45) is 9.42. The first kappa shape index (κ1) is 10.7. The fourth-order valence-corrected chi connectivity index (χ4v) is 2.49. The molecule has 2 aliphatic rings. The standard InChI is InChI=1S/C12H20N2O/c13-11-7-4-8-14(9-11)12(15)10-5-2-1-3-6-10/h1-2,10-11H,3-9,13H2. The number of allylic oxidation sites excluding steroid dienone is 2. The molecule has 3 heteroatoms. The lowest BCUT2D eigenvalue weighted by Crippen LogP contribution is -2.47. The highest BCUT2D eigenvalue weighted by Crippen LogP contribution is 2.22. The lowest BCUT2D eigenvalue weighted by atomic mass is 9.92. The lowest BCUT2D eigenvalue weighted by molar-refractivity contribution is -0.137. The highest BCUT2D eigenvalue weighted by molar-refractivity contribution is 5.79. The second kappa shape index (κ2) is 4.79. The number of piperidine rings is 1. The van der Waals surface area contributed by atoms with Gasteiger partial charge in [0.15, 0.2) is 0 Å². The van der Waals surface area contributed by atoms with Crippen LogP contribution in [0.4, 0.5) is 0 Å². The van der Waals surface area contributed by atoms with E-state index in [-0.39, 0.29) is 12.0 Å². The molecule has 0 radical (unpaired) electrons. The van der Waals surface area contributed by atoms with Crippen LogP contribution in [0.1, 0.15) is 32.1 Å². The van der Waals surface area contributed by atoms with Gasteiger partial charge in [0, 0.05) is 25.0 Å². The Morgan fingerprint density at radius 1 is 1.33 bits per heavy atom. The van der Waals surface area contributed by atoms with E-state index in [2.05, 4.69) is 12.2 Å². The molecule has 2 rings (SSSR count). The summed E-state index contributed by atoms with van der Waals surface area (Å²) >= 11 is 0. The number of nitrogens with zero attached hydrogens (tertiary/aromatic N) is 1. The van der Waals surface area contributed by atoms with Crippen LogP contribution >= 0.6 is 0 Å². The number of carbonyl (C=O) groups is 1. The van der Waals surface area contributed by atoms with Gasteiger partial charge in [0.05, 0.1) is 0 Å². The normalized spacial score (nSPS) is 31.7. The van der Waals surface area contributed by atoms with E-state index in [0.29, 0.717) is 5.91 Å². The molecule has 2 unspecified atom stereocenters. The summed E-state index contributed by atoms with van der Waals surface area (Å²) in [7, 11) is 0. The van der Waals surface area contributed by atoms with Crippen molar-refractivity contribution in [1.82, 2.24) is 4.90 Å². The van der Waals surface area contributed by atoms with E-state index < -0.39 is 0 Å². The van der Waals surface area contributed by atoms with E-state index in [0.717, 1.165) is 45.2 Å². The van der Waals surface area contributed by atoms with Crippen LogP contribution in [0, 0.1) is 5.92 Å². The molecule has 1 amide bonds. The van der Waals surface area contributed by atoms with Gasteiger partial charge < -0.3 is 10.6 Å². The van der Waals surface area contributed by atoms with Gasteiger partial charge in [-0.15, -0.1) is 0 Å². The summed E-state index contributed by atoms with van der Waals surface area (Å²) in [5.41, 5.74) is 5.88. The maximum atomic E-state index is 12.1. The zero-order chi connectivity index (χ0) is 10.7. The second-order valence-corrected chi connectivity index (χ2v) is 4.67. The number of hydrogen-bond acceptors (Lipinski definition) is 2. The molecule has 0 aromatic carbocycles. The van der Waals surface area contributed by atoms with E-state index in [1.54, 1.807) is 0 Å². The number of nitrogens with two attached hydrogens (primary N) is 1. The molecule has 0 saturated carbocycles. The Morgan fingerprint density at radius 2 is 2.20 bits per heavy atom. The van der Waals surface area contributed by atoms with Crippen LogP contribution in [0.15, 0.2) is 12.2 Å². The predicted molar refractivity (Wildman–Crippen MR) is 60.3 cm³/mol. The molecule has 1 aliphatic heterocycles. The molecule has 0 spiro atoms. The van der Waals surface area contributed by atoms with Crippen molar-refractivity contribution >= 4 is 5.91 Å². The van der Waals surface area contributed by atoms with Crippen molar-refractivity contribution in [2.75, 3.05) is 13.1 Å². The summed E-state index contributed by atoms with van der Waals surface area (Å²) in [5.74, 6) is 0.551. The molecule has 1 aliphatic carbocycles. The van der Waals surface area contributed by atoms with E-state index in [9.17, 15) is 4.79 Å². The van der Waals surface area contributed by atoms with Crippen molar-refractivity contribution in [2.24, 2.45) is 11.7 Å². The molecule has 3 nitrogen and oxygen atoms in total. The Kier molecular flexibility index (Phi) is 3.41. The van der Waals surface area contributed by atoms with Gasteiger partial charge >= 0.3 is 0 Å². The lowest BCUT2D eigenvalue weighted by Gasteiger charge is -2.33. The Labute approximate surface area is 91.3 Å². The Hall–Kier alpha value is -0.830. The van der Waals surface area contributed by atoms with E-state index >= 15 is 0 Å². The van der Waals surface area contributed by atoms with Gasteiger partial charge in [0.2, 0.25) is 5.91 Å². The van der Waals surface area contributed by atoms with Crippen molar-refractivity contribution in [1.29, 1.82) is 0 Å². The molecule has 2 N–H and O–H groups in total. The molecule has 0 aromatic rings. The number of rotatable bonds is 1. The van der Waals surface area contributed by atoms with Crippen LogP contribution < -0.4 is 5.73 Å². The van der Waals surface area contributed by atoms with Crippen molar-refractivity contribution in [2.45, 2.75) is 38.1 Å². The average molecular weight is 208 g/mol. The molecule has 84 valence electrons. The van der Waals surface area contributed by atoms with E-state index in [1.807, 2.05) is 4.90 Å². The first-order valence-corrected chi connectivity index (χ1v) is 5.97. The Balaban J connectivity index is 1.91. The quantitative estimate of drug-likeness (QED) is 0.660. The van der Waals surface area contributed by atoms with Gasteiger partial charge in [0.1, 0.15) is 0 Å². The molecule has 1 saturated heterocycles. The zero-order valence-corrected chi connectivity index (χ0v) is 9.19. The zero-order valence-electron chi connectivity index (χ0n) is 9.19. The number of likely N-dealkylation sites (tertiary alicyclic amines) is 1. The van der Waals surface area contributed by atoms with Crippen LogP contribution in [0.25, 0.3) is 0 Å². The molecule has 1 heterocycles. The molecule has 0 bridgehead atoms. The largest absolute Gasteiger partial charge is 0.341 e. The third-order valence-electron chi connectivity index (χ3n) is 3.39. The van der Waals surface area contributed by atoms with Gasteiger partial charge in [-0.25, -0.2) is 0 Å². The third kappa shape index (κ3) is 2.59. The van der Waals surface area contributed by atoms with Crippen LogP contribution in [0.3, 0.4) is 0 Å².